The first-order chi connectivity index (χ1) is 11.8. The van der Waals surface area contributed by atoms with Crippen LogP contribution in [-0.4, -0.2) is 44.4 Å². The molecule has 140 valence electrons. The van der Waals surface area contributed by atoms with E-state index in [1.807, 2.05) is 6.92 Å². The summed E-state index contributed by atoms with van der Waals surface area (Å²) in [6.07, 6.45) is 3.64. The molecule has 25 heavy (non-hydrogen) atoms. The number of sulfonamides is 1. The van der Waals surface area contributed by atoms with Gasteiger partial charge in [-0.25, -0.2) is 8.42 Å². The lowest BCUT2D eigenvalue weighted by atomic mass is 10.2. The Kier molecular flexibility index (Phi) is 7.10. The van der Waals surface area contributed by atoms with Gasteiger partial charge in [0, 0.05) is 19.1 Å². The highest BCUT2D eigenvalue weighted by Crippen LogP contribution is 2.29. The van der Waals surface area contributed by atoms with E-state index in [9.17, 15) is 13.2 Å². The summed E-state index contributed by atoms with van der Waals surface area (Å²) >= 11 is 6.14. The first kappa shape index (κ1) is 20.0. The van der Waals surface area contributed by atoms with Crippen molar-refractivity contribution in [3.63, 3.8) is 0 Å². The second kappa shape index (κ2) is 8.87. The molecule has 0 spiro atoms. The highest BCUT2D eigenvalue weighted by atomic mass is 35.5. The monoisotopic (exact) mass is 388 g/mol. The van der Waals surface area contributed by atoms with E-state index in [1.54, 1.807) is 0 Å². The molecule has 1 aromatic rings. The predicted octanol–water partition coefficient (Wildman–Crippen LogP) is 2.81. The van der Waals surface area contributed by atoms with E-state index in [2.05, 4.69) is 12.2 Å². The fraction of sp³-hybridized carbons (Fsp3) is 0.588. The number of benzene rings is 1. The van der Waals surface area contributed by atoms with Crippen molar-refractivity contribution in [1.82, 2.24) is 9.62 Å². The van der Waals surface area contributed by atoms with Gasteiger partial charge in [0.05, 0.1) is 9.92 Å². The molecule has 1 fully saturated rings. The lowest BCUT2D eigenvalue weighted by molar-refractivity contribution is -0.123. The maximum atomic E-state index is 12.5. The molecule has 2 rings (SSSR count). The highest BCUT2D eigenvalue weighted by molar-refractivity contribution is 7.89. The van der Waals surface area contributed by atoms with Gasteiger partial charge in [-0.15, -0.1) is 0 Å². The Morgan fingerprint density at radius 3 is 2.64 bits per heavy atom. The summed E-state index contributed by atoms with van der Waals surface area (Å²) in [4.78, 5) is 12.0. The molecule has 8 heteroatoms. The molecule has 0 aliphatic carbocycles. The number of halogens is 1. The summed E-state index contributed by atoms with van der Waals surface area (Å²) < 4.78 is 31.9. The summed E-state index contributed by atoms with van der Waals surface area (Å²) in [5.74, 6) is 0.0612. The van der Waals surface area contributed by atoms with E-state index >= 15 is 0 Å². The summed E-state index contributed by atoms with van der Waals surface area (Å²) in [5, 5.41) is 3.01. The minimum atomic E-state index is -3.52. The number of hydrogen-bond acceptors (Lipinski definition) is 4. The summed E-state index contributed by atoms with van der Waals surface area (Å²) in [7, 11) is -3.52. The number of hydrogen-bond donors (Lipinski definition) is 1. The largest absolute Gasteiger partial charge is 0.482 e. The van der Waals surface area contributed by atoms with Crippen molar-refractivity contribution in [3.8, 4) is 5.75 Å². The van der Waals surface area contributed by atoms with Crippen molar-refractivity contribution in [3.05, 3.63) is 23.2 Å². The maximum absolute atomic E-state index is 12.5. The van der Waals surface area contributed by atoms with Crippen LogP contribution in [0.15, 0.2) is 23.1 Å². The normalized spacial score (nSPS) is 16.6. The Balaban J connectivity index is 1.99. The Morgan fingerprint density at radius 1 is 1.36 bits per heavy atom. The third kappa shape index (κ3) is 5.33. The summed E-state index contributed by atoms with van der Waals surface area (Å²) in [6, 6.07) is 4.42. The Morgan fingerprint density at radius 2 is 2.04 bits per heavy atom. The zero-order valence-electron chi connectivity index (χ0n) is 14.6. The van der Waals surface area contributed by atoms with Gasteiger partial charge in [0.25, 0.3) is 5.91 Å². The van der Waals surface area contributed by atoms with Crippen LogP contribution >= 0.6 is 11.6 Å². The third-order valence-electron chi connectivity index (χ3n) is 4.09. The van der Waals surface area contributed by atoms with E-state index in [0.29, 0.717) is 18.8 Å². The van der Waals surface area contributed by atoms with Crippen molar-refractivity contribution in [2.75, 3.05) is 19.7 Å². The minimum absolute atomic E-state index is 0.0875. The molecular formula is C17H25ClN2O4S. The van der Waals surface area contributed by atoms with Gasteiger partial charge >= 0.3 is 0 Å². The maximum Gasteiger partial charge on any atom is 0.258 e. The SMILES string of the molecule is CCC[C@@H](C)NC(=O)COc1ccc(S(=O)(=O)N2CCCC2)cc1Cl. The first-order valence-corrected chi connectivity index (χ1v) is 10.4. The average Bonchev–Trinajstić information content (AvgIpc) is 3.09. The lowest BCUT2D eigenvalue weighted by Gasteiger charge is -2.17. The summed E-state index contributed by atoms with van der Waals surface area (Å²) in [6.45, 7) is 4.90. The van der Waals surface area contributed by atoms with Crippen LogP contribution in [0.3, 0.4) is 0 Å². The van der Waals surface area contributed by atoms with E-state index in [1.165, 1.54) is 22.5 Å². The van der Waals surface area contributed by atoms with Crippen molar-refractivity contribution in [1.29, 1.82) is 0 Å². The minimum Gasteiger partial charge on any atom is -0.482 e. The molecule has 1 aromatic carbocycles. The summed E-state index contributed by atoms with van der Waals surface area (Å²) in [5.41, 5.74) is 0. The van der Waals surface area contributed by atoms with Crippen molar-refractivity contribution in [2.24, 2.45) is 0 Å². The van der Waals surface area contributed by atoms with Crippen LogP contribution < -0.4 is 10.1 Å². The molecule has 1 saturated heterocycles. The van der Waals surface area contributed by atoms with Gasteiger partial charge in [0.1, 0.15) is 5.75 Å². The van der Waals surface area contributed by atoms with Crippen LogP contribution in [0.25, 0.3) is 0 Å². The number of carbonyl (C=O) groups excluding carboxylic acids is 1. The molecule has 0 unspecified atom stereocenters. The van der Waals surface area contributed by atoms with Gasteiger partial charge in [0.2, 0.25) is 10.0 Å². The number of nitrogens with one attached hydrogen (secondary N) is 1. The number of carbonyl (C=O) groups is 1. The van der Waals surface area contributed by atoms with E-state index < -0.39 is 10.0 Å². The number of ether oxygens (including phenoxy) is 1. The predicted molar refractivity (Wildman–Crippen MR) is 97.5 cm³/mol. The van der Waals surface area contributed by atoms with Crippen LogP contribution in [0.5, 0.6) is 5.75 Å². The number of nitrogens with zero attached hydrogens (tertiary/aromatic N) is 1. The van der Waals surface area contributed by atoms with E-state index in [0.717, 1.165) is 25.7 Å². The Labute approximate surface area is 154 Å². The van der Waals surface area contributed by atoms with Gasteiger partial charge in [0.15, 0.2) is 6.61 Å². The highest BCUT2D eigenvalue weighted by Gasteiger charge is 2.27. The molecule has 1 N–H and O–H groups in total. The van der Waals surface area contributed by atoms with Gasteiger partial charge in [-0.1, -0.05) is 24.9 Å². The van der Waals surface area contributed by atoms with Gasteiger partial charge in [-0.3, -0.25) is 4.79 Å². The first-order valence-electron chi connectivity index (χ1n) is 8.56. The number of rotatable bonds is 8. The second-order valence-electron chi connectivity index (χ2n) is 6.25. The molecule has 1 amide bonds. The molecular weight excluding hydrogens is 364 g/mol. The van der Waals surface area contributed by atoms with Crippen molar-refractivity contribution >= 4 is 27.5 Å². The Hall–Kier alpha value is -1.31. The number of amides is 1. The second-order valence-corrected chi connectivity index (χ2v) is 8.59. The van der Waals surface area contributed by atoms with Crippen LogP contribution in [0.1, 0.15) is 39.5 Å². The molecule has 1 atom stereocenters. The van der Waals surface area contributed by atoms with Crippen LogP contribution in [0.2, 0.25) is 5.02 Å². The topological polar surface area (TPSA) is 75.7 Å². The van der Waals surface area contributed by atoms with Gasteiger partial charge < -0.3 is 10.1 Å². The van der Waals surface area contributed by atoms with Crippen LogP contribution in [-0.2, 0) is 14.8 Å². The van der Waals surface area contributed by atoms with Crippen LogP contribution in [0.4, 0.5) is 0 Å². The molecule has 1 heterocycles. The third-order valence-corrected chi connectivity index (χ3v) is 6.28. The van der Waals surface area contributed by atoms with Crippen LogP contribution in [0, 0.1) is 0 Å². The standard InChI is InChI=1S/C17H25ClN2O4S/c1-3-6-13(2)19-17(21)12-24-16-8-7-14(11-15(16)18)25(22,23)20-9-4-5-10-20/h7-8,11,13H,3-6,9-10,12H2,1-2H3,(H,19,21)/t13-/m1/s1. The van der Waals surface area contributed by atoms with E-state index in [-0.39, 0.29) is 28.5 Å². The average molecular weight is 389 g/mol. The smallest absolute Gasteiger partial charge is 0.258 e. The van der Waals surface area contributed by atoms with E-state index in [4.69, 9.17) is 16.3 Å². The zero-order chi connectivity index (χ0) is 18.4. The molecule has 0 saturated carbocycles. The molecule has 1 aliphatic rings. The van der Waals surface area contributed by atoms with Gasteiger partial charge in [-0.2, -0.15) is 4.31 Å². The molecule has 0 aromatic heterocycles. The fourth-order valence-electron chi connectivity index (χ4n) is 2.80. The quantitative estimate of drug-likeness (QED) is 0.742. The molecule has 0 radical (unpaired) electrons. The zero-order valence-corrected chi connectivity index (χ0v) is 16.2. The fourth-order valence-corrected chi connectivity index (χ4v) is 4.65. The Bertz CT molecular complexity index is 703. The molecule has 0 bridgehead atoms. The molecule has 1 aliphatic heterocycles. The molecule has 6 nitrogen and oxygen atoms in total. The van der Waals surface area contributed by atoms with Crippen molar-refractivity contribution in [2.45, 2.75) is 50.5 Å². The van der Waals surface area contributed by atoms with Crippen molar-refractivity contribution < 1.29 is 17.9 Å². The van der Waals surface area contributed by atoms with Gasteiger partial charge in [-0.05, 0) is 44.4 Å². The lowest BCUT2D eigenvalue weighted by Crippen LogP contribution is -2.36.